The van der Waals surface area contributed by atoms with Crippen molar-refractivity contribution in [3.63, 3.8) is 0 Å². The summed E-state index contributed by atoms with van der Waals surface area (Å²) in [5.74, 6) is -1.86. The number of hydrogen-bond acceptors (Lipinski definition) is 4. The standard InChI is InChI=1S/C14H22O5/c1-14(2,3)19-13(18)11(8-12(16)17)9-4-6-10(15)7-5-9/h8-10,15H,4-7H2,1-3H3,(H,16,17)/b11-8+. The number of rotatable bonds is 3. The van der Waals surface area contributed by atoms with Gasteiger partial charge < -0.3 is 14.9 Å². The summed E-state index contributed by atoms with van der Waals surface area (Å²) < 4.78 is 5.25. The Labute approximate surface area is 113 Å². The minimum atomic E-state index is -1.15. The highest BCUT2D eigenvalue weighted by atomic mass is 16.6. The molecule has 1 rings (SSSR count). The third-order valence-electron chi connectivity index (χ3n) is 3.05. The van der Waals surface area contributed by atoms with Crippen molar-refractivity contribution < 1.29 is 24.5 Å². The van der Waals surface area contributed by atoms with Gasteiger partial charge in [0.2, 0.25) is 0 Å². The normalized spacial score (nSPS) is 24.9. The second-order valence-corrected chi connectivity index (χ2v) is 5.95. The van der Waals surface area contributed by atoms with E-state index >= 15 is 0 Å². The summed E-state index contributed by atoms with van der Waals surface area (Å²) in [6.45, 7) is 5.23. The lowest BCUT2D eigenvalue weighted by Gasteiger charge is -2.28. The first-order chi connectivity index (χ1) is 8.69. The maximum atomic E-state index is 12.1. The molecule has 0 aromatic carbocycles. The van der Waals surface area contributed by atoms with Crippen LogP contribution in [-0.2, 0) is 14.3 Å². The molecular formula is C14H22O5. The molecule has 0 atom stereocenters. The van der Waals surface area contributed by atoms with E-state index in [1.807, 2.05) is 0 Å². The first-order valence-corrected chi connectivity index (χ1v) is 6.55. The van der Waals surface area contributed by atoms with Crippen molar-refractivity contribution in [3.05, 3.63) is 11.6 Å². The Hall–Kier alpha value is -1.36. The van der Waals surface area contributed by atoms with E-state index in [1.165, 1.54) is 0 Å². The monoisotopic (exact) mass is 270 g/mol. The van der Waals surface area contributed by atoms with Crippen LogP contribution in [-0.4, -0.2) is 33.9 Å². The fourth-order valence-electron chi connectivity index (χ4n) is 2.20. The molecule has 2 N–H and O–H groups in total. The molecule has 5 nitrogen and oxygen atoms in total. The second kappa shape index (κ2) is 6.19. The minimum Gasteiger partial charge on any atom is -0.478 e. The zero-order valence-electron chi connectivity index (χ0n) is 11.7. The molecule has 0 unspecified atom stereocenters. The van der Waals surface area contributed by atoms with Crippen molar-refractivity contribution in [2.75, 3.05) is 0 Å². The molecule has 19 heavy (non-hydrogen) atoms. The highest BCUT2D eigenvalue weighted by Crippen LogP contribution is 2.31. The SMILES string of the molecule is CC(C)(C)OC(=O)/C(=C/C(=O)O)C1CCC(O)CC1. The number of carbonyl (C=O) groups excluding carboxylic acids is 1. The molecular weight excluding hydrogens is 248 g/mol. The van der Waals surface area contributed by atoms with Crippen LogP contribution >= 0.6 is 0 Å². The maximum absolute atomic E-state index is 12.1. The van der Waals surface area contributed by atoms with Crippen LogP contribution in [0.1, 0.15) is 46.5 Å². The van der Waals surface area contributed by atoms with Crippen LogP contribution < -0.4 is 0 Å². The van der Waals surface area contributed by atoms with Crippen LogP contribution in [0.4, 0.5) is 0 Å². The Bertz CT molecular complexity index is 370. The predicted octanol–water partition coefficient (Wildman–Crippen LogP) is 1.89. The van der Waals surface area contributed by atoms with Gasteiger partial charge in [-0.15, -0.1) is 0 Å². The molecule has 0 spiro atoms. The lowest BCUT2D eigenvalue weighted by Crippen LogP contribution is -2.29. The van der Waals surface area contributed by atoms with Gasteiger partial charge in [-0.05, 0) is 52.4 Å². The van der Waals surface area contributed by atoms with Crippen molar-refractivity contribution in [1.82, 2.24) is 0 Å². The van der Waals surface area contributed by atoms with Gasteiger partial charge in [-0.3, -0.25) is 0 Å². The van der Waals surface area contributed by atoms with Crippen LogP contribution in [0.5, 0.6) is 0 Å². The fourth-order valence-corrected chi connectivity index (χ4v) is 2.20. The minimum absolute atomic E-state index is 0.144. The number of esters is 1. The average molecular weight is 270 g/mol. The summed E-state index contributed by atoms with van der Waals surface area (Å²) in [6, 6.07) is 0. The summed E-state index contributed by atoms with van der Waals surface area (Å²) in [5.41, 5.74) is -0.447. The van der Waals surface area contributed by atoms with Gasteiger partial charge in [-0.1, -0.05) is 0 Å². The van der Waals surface area contributed by atoms with Gasteiger partial charge in [0.25, 0.3) is 0 Å². The molecule has 1 fully saturated rings. The zero-order valence-corrected chi connectivity index (χ0v) is 11.7. The number of aliphatic hydroxyl groups is 1. The van der Waals surface area contributed by atoms with Gasteiger partial charge in [0.05, 0.1) is 6.10 Å². The second-order valence-electron chi connectivity index (χ2n) is 5.95. The van der Waals surface area contributed by atoms with E-state index in [0.29, 0.717) is 25.7 Å². The molecule has 108 valence electrons. The number of aliphatic hydroxyl groups excluding tert-OH is 1. The van der Waals surface area contributed by atoms with Gasteiger partial charge in [-0.2, -0.15) is 0 Å². The molecule has 5 heteroatoms. The largest absolute Gasteiger partial charge is 0.478 e. The average Bonchev–Trinajstić information content (AvgIpc) is 2.24. The molecule has 0 aromatic heterocycles. The summed E-state index contributed by atoms with van der Waals surface area (Å²) >= 11 is 0. The topological polar surface area (TPSA) is 83.8 Å². The maximum Gasteiger partial charge on any atom is 0.335 e. The summed E-state index contributed by atoms with van der Waals surface area (Å²) in [7, 11) is 0. The number of carboxylic acids is 1. The summed E-state index contributed by atoms with van der Waals surface area (Å²) in [4.78, 5) is 22.9. The third-order valence-corrected chi connectivity index (χ3v) is 3.05. The van der Waals surface area contributed by atoms with Crippen molar-refractivity contribution in [3.8, 4) is 0 Å². The molecule has 0 amide bonds. The van der Waals surface area contributed by atoms with E-state index in [2.05, 4.69) is 0 Å². The molecule has 0 saturated heterocycles. The van der Waals surface area contributed by atoms with Gasteiger partial charge in [0, 0.05) is 11.6 Å². The molecule has 1 saturated carbocycles. The molecule has 1 aliphatic carbocycles. The van der Waals surface area contributed by atoms with Gasteiger partial charge in [0.1, 0.15) is 5.60 Å². The van der Waals surface area contributed by atoms with E-state index in [4.69, 9.17) is 9.84 Å². The Balaban J connectivity index is 2.84. The Morgan fingerprint density at radius 1 is 1.16 bits per heavy atom. The number of hydrogen-bond donors (Lipinski definition) is 2. The molecule has 0 heterocycles. The third kappa shape index (κ3) is 5.42. The van der Waals surface area contributed by atoms with Crippen LogP contribution in [0.3, 0.4) is 0 Å². The Morgan fingerprint density at radius 2 is 1.68 bits per heavy atom. The van der Waals surface area contributed by atoms with Gasteiger partial charge in [0.15, 0.2) is 0 Å². The fraction of sp³-hybridized carbons (Fsp3) is 0.714. The number of carboxylic acid groups (broad SMARTS) is 1. The highest BCUT2D eigenvalue weighted by Gasteiger charge is 2.30. The highest BCUT2D eigenvalue weighted by molar-refractivity contribution is 5.96. The van der Waals surface area contributed by atoms with E-state index in [9.17, 15) is 14.7 Å². The molecule has 0 aromatic rings. The lowest BCUT2D eigenvalue weighted by molar-refractivity contribution is -0.151. The van der Waals surface area contributed by atoms with Crippen molar-refractivity contribution >= 4 is 11.9 Å². The van der Waals surface area contributed by atoms with E-state index in [-0.39, 0.29) is 17.6 Å². The smallest absolute Gasteiger partial charge is 0.335 e. The Morgan fingerprint density at radius 3 is 2.11 bits per heavy atom. The molecule has 1 aliphatic rings. The van der Waals surface area contributed by atoms with Crippen molar-refractivity contribution in [2.24, 2.45) is 5.92 Å². The van der Waals surface area contributed by atoms with E-state index in [1.54, 1.807) is 20.8 Å². The van der Waals surface area contributed by atoms with Crippen LogP contribution in [0.25, 0.3) is 0 Å². The van der Waals surface area contributed by atoms with Crippen molar-refractivity contribution in [2.45, 2.75) is 58.2 Å². The van der Waals surface area contributed by atoms with Gasteiger partial charge >= 0.3 is 11.9 Å². The molecule has 0 aliphatic heterocycles. The first-order valence-electron chi connectivity index (χ1n) is 6.55. The first kappa shape index (κ1) is 15.7. The predicted molar refractivity (Wildman–Crippen MR) is 69.5 cm³/mol. The van der Waals surface area contributed by atoms with Crippen LogP contribution in [0.15, 0.2) is 11.6 Å². The van der Waals surface area contributed by atoms with E-state index in [0.717, 1.165) is 6.08 Å². The number of carbonyl (C=O) groups is 2. The molecule has 0 bridgehead atoms. The summed E-state index contributed by atoms with van der Waals surface area (Å²) in [5, 5.41) is 18.3. The Kier molecular flexibility index (Phi) is 5.11. The number of ether oxygens (including phenoxy) is 1. The molecule has 0 radical (unpaired) electrons. The van der Waals surface area contributed by atoms with Crippen LogP contribution in [0.2, 0.25) is 0 Å². The van der Waals surface area contributed by atoms with Crippen molar-refractivity contribution in [1.29, 1.82) is 0 Å². The van der Waals surface area contributed by atoms with Gasteiger partial charge in [-0.25, -0.2) is 9.59 Å². The van der Waals surface area contributed by atoms with Crippen LogP contribution in [0, 0.1) is 5.92 Å². The summed E-state index contributed by atoms with van der Waals surface area (Å²) in [6.07, 6.45) is 2.99. The number of aliphatic carboxylic acids is 1. The zero-order chi connectivity index (χ0) is 14.6. The van der Waals surface area contributed by atoms with E-state index < -0.39 is 17.5 Å². The quantitative estimate of drug-likeness (QED) is 0.604. The lowest BCUT2D eigenvalue weighted by atomic mass is 9.82.